The first-order chi connectivity index (χ1) is 16.0. The van der Waals surface area contributed by atoms with Crippen molar-refractivity contribution in [1.82, 2.24) is 0 Å². The van der Waals surface area contributed by atoms with Gasteiger partial charge in [-0.05, 0) is 67.1 Å². The first-order valence-electron chi connectivity index (χ1n) is 9.85. The number of carbonyl (C=O) groups excluding carboxylic acids is 1. The van der Waals surface area contributed by atoms with Gasteiger partial charge in [0.15, 0.2) is 6.61 Å². The number of hydrogen-bond donors (Lipinski definition) is 2. The fourth-order valence-electron chi connectivity index (χ4n) is 2.88. The van der Waals surface area contributed by atoms with Crippen molar-refractivity contribution in [1.29, 1.82) is 0 Å². The molecule has 34 heavy (non-hydrogen) atoms. The summed E-state index contributed by atoms with van der Waals surface area (Å²) in [4.78, 5) is 12.6. The molecule has 0 radical (unpaired) electrons. The summed E-state index contributed by atoms with van der Waals surface area (Å²) in [5, 5.41) is 2.47. The van der Waals surface area contributed by atoms with Crippen LogP contribution in [0.3, 0.4) is 0 Å². The van der Waals surface area contributed by atoms with E-state index >= 15 is 0 Å². The monoisotopic (exact) mass is 494 g/mol. The molecule has 0 heterocycles. The largest absolute Gasteiger partial charge is 0.497 e. The number of carbonyl (C=O) groups is 1. The van der Waals surface area contributed by atoms with E-state index in [0.717, 1.165) is 6.07 Å². The lowest BCUT2D eigenvalue weighted by Crippen LogP contribution is -2.20. The van der Waals surface area contributed by atoms with E-state index in [1.54, 1.807) is 25.1 Å². The van der Waals surface area contributed by atoms with E-state index in [1.807, 2.05) is 0 Å². The topological polar surface area (TPSA) is 93.7 Å². The SMILES string of the molecule is COc1ccc(NS(=O)(=O)c2cccc(C(=O)Nc3ccc(C)cc3OCC(F)(F)F)c2)cc1. The molecular formula is C23H21F3N2O5S. The molecule has 2 N–H and O–H groups in total. The number of ether oxygens (including phenoxy) is 2. The Balaban J connectivity index is 1.79. The molecule has 0 spiro atoms. The second-order valence-electron chi connectivity index (χ2n) is 7.22. The van der Waals surface area contributed by atoms with Gasteiger partial charge in [0.25, 0.3) is 15.9 Å². The minimum Gasteiger partial charge on any atom is -0.497 e. The van der Waals surface area contributed by atoms with Crippen molar-refractivity contribution < 1.29 is 35.9 Å². The molecule has 3 aromatic carbocycles. The van der Waals surface area contributed by atoms with Gasteiger partial charge < -0.3 is 14.8 Å². The minimum atomic E-state index is -4.55. The number of anilines is 2. The number of rotatable bonds is 8. The molecule has 0 aromatic heterocycles. The van der Waals surface area contributed by atoms with Crippen LogP contribution in [-0.4, -0.2) is 34.2 Å². The van der Waals surface area contributed by atoms with Gasteiger partial charge in [-0.2, -0.15) is 13.2 Å². The van der Waals surface area contributed by atoms with Crippen LogP contribution in [0.1, 0.15) is 15.9 Å². The maximum absolute atomic E-state index is 12.8. The third-order valence-electron chi connectivity index (χ3n) is 4.53. The number of methoxy groups -OCH3 is 1. The number of sulfonamides is 1. The first kappa shape index (κ1) is 24.9. The standard InChI is InChI=1S/C23H21F3N2O5S/c1-15-6-11-20(21(12-15)33-14-23(24,25)26)27-22(29)16-4-3-5-19(13-16)34(30,31)28-17-7-9-18(32-2)10-8-17/h3-13,28H,14H2,1-2H3,(H,27,29). The van der Waals surface area contributed by atoms with Crippen LogP contribution < -0.4 is 19.5 Å². The summed E-state index contributed by atoms with van der Waals surface area (Å²) in [6.45, 7) is 0.139. The Morgan fingerprint density at radius 1 is 1.00 bits per heavy atom. The molecular weight excluding hydrogens is 473 g/mol. The highest BCUT2D eigenvalue weighted by molar-refractivity contribution is 7.92. The van der Waals surface area contributed by atoms with Crippen LogP contribution >= 0.6 is 0 Å². The summed E-state index contributed by atoms with van der Waals surface area (Å²) in [6.07, 6.45) is -4.55. The molecule has 0 bridgehead atoms. The van der Waals surface area contributed by atoms with Crippen molar-refractivity contribution >= 4 is 27.3 Å². The average Bonchev–Trinajstić information content (AvgIpc) is 2.79. The maximum atomic E-state index is 12.8. The zero-order valence-corrected chi connectivity index (χ0v) is 19.0. The minimum absolute atomic E-state index is 0.0139. The predicted octanol–water partition coefficient (Wildman–Crippen LogP) is 5.00. The Bertz CT molecular complexity index is 1280. The second-order valence-corrected chi connectivity index (χ2v) is 8.90. The number of amides is 1. The van der Waals surface area contributed by atoms with E-state index in [1.165, 1.54) is 49.6 Å². The Labute approximate surface area is 194 Å². The van der Waals surface area contributed by atoms with Gasteiger partial charge in [0.05, 0.1) is 17.7 Å². The number of alkyl halides is 3. The van der Waals surface area contributed by atoms with Gasteiger partial charge in [-0.25, -0.2) is 8.42 Å². The van der Waals surface area contributed by atoms with Gasteiger partial charge in [0.1, 0.15) is 11.5 Å². The molecule has 0 fully saturated rings. The molecule has 7 nitrogen and oxygen atoms in total. The van der Waals surface area contributed by atoms with Gasteiger partial charge in [-0.1, -0.05) is 12.1 Å². The summed E-state index contributed by atoms with van der Waals surface area (Å²) in [6, 6.07) is 15.8. The van der Waals surface area contributed by atoms with Gasteiger partial charge in [-0.15, -0.1) is 0 Å². The Morgan fingerprint density at radius 3 is 2.35 bits per heavy atom. The molecule has 1 amide bonds. The third-order valence-corrected chi connectivity index (χ3v) is 5.90. The zero-order valence-electron chi connectivity index (χ0n) is 18.1. The normalized spacial score (nSPS) is 11.6. The lowest BCUT2D eigenvalue weighted by Gasteiger charge is -2.15. The lowest BCUT2D eigenvalue weighted by atomic mass is 10.2. The number of hydrogen-bond acceptors (Lipinski definition) is 5. The first-order valence-corrected chi connectivity index (χ1v) is 11.3. The van der Waals surface area contributed by atoms with E-state index in [0.29, 0.717) is 17.0 Å². The van der Waals surface area contributed by atoms with Crippen LogP contribution in [0.25, 0.3) is 0 Å². The highest BCUT2D eigenvalue weighted by atomic mass is 32.2. The van der Waals surface area contributed by atoms with Gasteiger partial charge in [-0.3, -0.25) is 9.52 Å². The molecule has 180 valence electrons. The molecule has 0 aliphatic rings. The number of aryl methyl sites for hydroxylation is 1. The molecule has 3 aromatic rings. The Kier molecular flexibility index (Phi) is 7.35. The lowest BCUT2D eigenvalue weighted by molar-refractivity contribution is -0.153. The van der Waals surface area contributed by atoms with Crippen LogP contribution in [0, 0.1) is 6.92 Å². The molecule has 0 aliphatic carbocycles. The molecule has 3 rings (SSSR count). The predicted molar refractivity (Wildman–Crippen MR) is 121 cm³/mol. The van der Waals surface area contributed by atoms with Crippen LogP contribution in [0.5, 0.6) is 11.5 Å². The number of halogens is 3. The van der Waals surface area contributed by atoms with Crippen LogP contribution in [0.15, 0.2) is 71.6 Å². The van der Waals surface area contributed by atoms with Crippen molar-refractivity contribution in [2.75, 3.05) is 23.8 Å². The van der Waals surface area contributed by atoms with Gasteiger partial charge in [0, 0.05) is 11.3 Å². The highest BCUT2D eigenvalue weighted by Crippen LogP contribution is 2.29. The van der Waals surface area contributed by atoms with Crippen molar-refractivity contribution in [2.45, 2.75) is 18.0 Å². The van der Waals surface area contributed by atoms with E-state index in [-0.39, 0.29) is 21.9 Å². The van der Waals surface area contributed by atoms with Crippen molar-refractivity contribution in [2.24, 2.45) is 0 Å². The maximum Gasteiger partial charge on any atom is 0.422 e. The third kappa shape index (κ3) is 6.64. The molecule has 0 aliphatic heterocycles. The Morgan fingerprint density at radius 2 is 1.71 bits per heavy atom. The molecule has 11 heteroatoms. The second kappa shape index (κ2) is 10.0. The summed E-state index contributed by atoms with van der Waals surface area (Å²) in [5.41, 5.74) is 0.930. The van der Waals surface area contributed by atoms with Gasteiger partial charge >= 0.3 is 6.18 Å². The van der Waals surface area contributed by atoms with E-state index in [9.17, 15) is 26.4 Å². The van der Waals surface area contributed by atoms with E-state index < -0.39 is 28.7 Å². The summed E-state index contributed by atoms with van der Waals surface area (Å²) < 4.78 is 75.5. The smallest absolute Gasteiger partial charge is 0.422 e. The summed E-state index contributed by atoms with van der Waals surface area (Å²) in [7, 11) is -2.54. The van der Waals surface area contributed by atoms with Crippen molar-refractivity contribution in [3.63, 3.8) is 0 Å². The molecule has 0 atom stereocenters. The van der Waals surface area contributed by atoms with Crippen molar-refractivity contribution in [3.05, 3.63) is 77.9 Å². The van der Waals surface area contributed by atoms with E-state index in [2.05, 4.69) is 10.0 Å². The quantitative estimate of drug-likeness (QED) is 0.460. The van der Waals surface area contributed by atoms with Crippen LogP contribution in [0.4, 0.5) is 24.5 Å². The van der Waals surface area contributed by atoms with Gasteiger partial charge in [0.2, 0.25) is 0 Å². The summed E-state index contributed by atoms with van der Waals surface area (Å²) in [5.74, 6) is -0.325. The molecule has 0 saturated heterocycles. The Hall–Kier alpha value is -3.73. The fraction of sp³-hybridized carbons (Fsp3) is 0.174. The van der Waals surface area contributed by atoms with Crippen molar-refractivity contribution in [3.8, 4) is 11.5 Å². The van der Waals surface area contributed by atoms with Crippen LogP contribution in [-0.2, 0) is 10.0 Å². The fourth-order valence-corrected chi connectivity index (χ4v) is 3.99. The number of benzene rings is 3. The van der Waals surface area contributed by atoms with Crippen LogP contribution in [0.2, 0.25) is 0 Å². The average molecular weight is 494 g/mol. The molecule has 0 saturated carbocycles. The van der Waals surface area contributed by atoms with E-state index in [4.69, 9.17) is 9.47 Å². The highest BCUT2D eigenvalue weighted by Gasteiger charge is 2.29. The zero-order chi connectivity index (χ0) is 24.9. The summed E-state index contributed by atoms with van der Waals surface area (Å²) >= 11 is 0. The molecule has 0 unspecified atom stereocenters. The number of nitrogens with one attached hydrogen (secondary N) is 2.